The van der Waals surface area contributed by atoms with Gasteiger partial charge in [0.1, 0.15) is 0 Å². The Balaban J connectivity index is 1.39. The molecule has 0 unspecified atom stereocenters. The molecular formula is C28H38N2. The van der Waals surface area contributed by atoms with Crippen LogP contribution < -0.4 is 10.6 Å². The van der Waals surface area contributed by atoms with Crippen molar-refractivity contribution in [2.45, 2.75) is 89.1 Å². The lowest BCUT2D eigenvalue weighted by Gasteiger charge is -2.35. The fourth-order valence-electron chi connectivity index (χ4n) is 5.29. The second kappa shape index (κ2) is 8.88. The molecule has 0 radical (unpaired) electrons. The first-order chi connectivity index (χ1) is 14.4. The monoisotopic (exact) mass is 402 g/mol. The van der Waals surface area contributed by atoms with Crippen LogP contribution in [0.15, 0.2) is 55.1 Å². The molecule has 2 fully saturated rings. The third kappa shape index (κ3) is 5.09. The lowest BCUT2D eigenvalue weighted by Crippen LogP contribution is -2.36. The van der Waals surface area contributed by atoms with Gasteiger partial charge in [0.2, 0.25) is 0 Å². The highest BCUT2D eigenvalue weighted by Gasteiger charge is 2.27. The van der Waals surface area contributed by atoms with Crippen LogP contribution in [-0.2, 0) is 0 Å². The lowest BCUT2D eigenvalue weighted by atomic mass is 9.83. The summed E-state index contributed by atoms with van der Waals surface area (Å²) in [4.78, 5) is 0. The maximum atomic E-state index is 4.37. The quantitative estimate of drug-likeness (QED) is 0.511. The molecule has 0 spiro atoms. The second-order valence-electron chi connectivity index (χ2n) is 10.1. The SMILES string of the molecule is C=C(c1ccc(NC2(C)CCCCC2)cc1)c1ccc(NC2(C)CCCCC2)cc1. The lowest BCUT2D eigenvalue weighted by molar-refractivity contribution is 0.349. The molecule has 2 heteroatoms. The van der Waals surface area contributed by atoms with Crippen molar-refractivity contribution in [1.82, 2.24) is 0 Å². The smallest absolute Gasteiger partial charge is 0.0345 e. The van der Waals surface area contributed by atoms with Crippen LogP contribution in [0.4, 0.5) is 11.4 Å². The van der Waals surface area contributed by atoms with Gasteiger partial charge in [-0.3, -0.25) is 0 Å². The minimum Gasteiger partial charge on any atom is -0.380 e. The third-order valence-corrected chi connectivity index (χ3v) is 7.27. The van der Waals surface area contributed by atoms with E-state index in [0.717, 1.165) is 5.57 Å². The van der Waals surface area contributed by atoms with E-state index in [9.17, 15) is 0 Å². The molecule has 0 amide bonds. The molecule has 2 aromatic rings. The van der Waals surface area contributed by atoms with Gasteiger partial charge in [0.25, 0.3) is 0 Å². The normalized spacial score (nSPS) is 20.3. The molecule has 0 saturated heterocycles. The zero-order chi connectivity index (χ0) is 21.0. The molecule has 2 aromatic carbocycles. The maximum absolute atomic E-state index is 4.37. The van der Waals surface area contributed by atoms with E-state index in [-0.39, 0.29) is 11.1 Å². The molecule has 0 atom stereocenters. The Morgan fingerprint density at radius 1 is 0.600 bits per heavy atom. The first kappa shape index (κ1) is 21.0. The van der Waals surface area contributed by atoms with Crippen LogP contribution in [-0.4, -0.2) is 11.1 Å². The Morgan fingerprint density at radius 2 is 0.933 bits per heavy atom. The van der Waals surface area contributed by atoms with Gasteiger partial charge in [0.05, 0.1) is 0 Å². The summed E-state index contributed by atoms with van der Waals surface area (Å²) in [6, 6.07) is 17.6. The predicted molar refractivity (Wildman–Crippen MR) is 131 cm³/mol. The van der Waals surface area contributed by atoms with Gasteiger partial charge in [-0.25, -0.2) is 0 Å². The Kier molecular flexibility index (Phi) is 6.22. The molecule has 0 aromatic heterocycles. The molecule has 2 saturated carbocycles. The summed E-state index contributed by atoms with van der Waals surface area (Å²) in [6.45, 7) is 9.10. The van der Waals surface area contributed by atoms with E-state index >= 15 is 0 Å². The molecule has 0 aliphatic heterocycles. The van der Waals surface area contributed by atoms with Crippen molar-refractivity contribution in [3.8, 4) is 0 Å². The highest BCUT2D eigenvalue weighted by atomic mass is 15.0. The van der Waals surface area contributed by atoms with Gasteiger partial charge in [-0.05, 0) is 80.5 Å². The third-order valence-electron chi connectivity index (χ3n) is 7.27. The molecule has 2 nitrogen and oxygen atoms in total. The fraction of sp³-hybridized carbons (Fsp3) is 0.500. The number of hydrogen-bond acceptors (Lipinski definition) is 2. The van der Waals surface area contributed by atoms with Crippen LogP contribution in [0.2, 0.25) is 0 Å². The highest BCUT2D eigenvalue weighted by molar-refractivity contribution is 5.79. The van der Waals surface area contributed by atoms with Gasteiger partial charge in [-0.15, -0.1) is 0 Å². The number of hydrogen-bond donors (Lipinski definition) is 2. The van der Waals surface area contributed by atoms with Crippen molar-refractivity contribution in [2.24, 2.45) is 0 Å². The zero-order valence-corrected chi connectivity index (χ0v) is 18.9. The Hall–Kier alpha value is -2.22. The number of nitrogens with one attached hydrogen (secondary N) is 2. The van der Waals surface area contributed by atoms with Crippen LogP contribution in [0.5, 0.6) is 0 Å². The van der Waals surface area contributed by atoms with Crippen molar-refractivity contribution >= 4 is 16.9 Å². The van der Waals surface area contributed by atoms with E-state index in [4.69, 9.17) is 0 Å². The summed E-state index contributed by atoms with van der Waals surface area (Å²) in [7, 11) is 0. The summed E-state index contributed by atoms with van der Waals surface area (Å²) in [5.74, 6) is 0. The molecule has 30 heavy (non-hydrogen) atoms. The second-order valence-corrected chi connectivity index (χ2v) is 10.1. The van der Waals surface area contributed by atoms with Gasteiger partial charge >= 0.3 is 0 Å². The topological polar surface area (TPSA) is 24.1 Å². The van der Waals surface area contributed by atoms with E-state index < -0.39 is 0 Å². The predicted octanol–water partition coefficient (Wildman–Crippen LogP) is 8.02. The van der Waals surface area contributed by atoms with Crippen molar-refractivity contribution in [3.05, 3.63) is 66.2 Å². The molecular weight excluding hydrogens is 364 g/mol. The van der Waals surface area contributed by atoms with E-state index in [1.807, 2.05) is 0 Å². The van der Waals surface area contributed by atoms with Crippen molar-refractivity contribution in [1.29, 1.82) is 0 Å². The largest absolute Gasteiger partial charge is 0.380 e. The molecule has 2 aliphatic rings. The first-order valence-electron chi connectivity index (χ1n) is 11.9. The van der Waals surface area contributed by atoms with Crippen molar-refractivity contribution in [3.63, 3.8) is 0 Å². The van der Waals surface area contributed by atoms with Crippen molar-refractivity contribution < 1.29 is 0 Å². The molecule has 2 N–H and O–H groups in total. The van der Waals surface area contributed by atoms with Crippen LogP contribution in [0.3, 0.4) is 0 Å². The summed E-state index contributed by atoms with van der Waals surface area (Å²) < 4.78 is 0. The summed E-state index contributed by atoms with van der Waals surface area (Å²) in [5, 5.41) is 7.55. The fourth-order valence-corrected chi connectivity index (χ4v) is 5.29. The van der Waals surface area contributed by atoms with E-state index in [1.165, 1.54) is 86.7 Å². The van der Waals surface area contributed by atoms with E-state index in [2.05, 4.69) is 79.6 Å². The van der Waals surface area contributed by atoms with Gasteiger partial charge < -0.3 is 10.6 Å². The van der Waals surface area contributed by atoms with Gasteiger partial charge in [-0.1, -0.05) is 69.4 Å². The molecule has 4 rings (SSSR count). The summed E-state index contributed by atoms with van der Waals surface area (Å²) in [6.07, 6.45) is 13.2. The number of benzene rings is 2. The standard InChI is InChI=1S/C28H38N2/c1-22(23-10-14-25(15-11-23)29-27(2)18-6-4-7-19-27)24-12-16-26(17-13-24)30-28(3)20-8-5-9-21-28/h10-17,29-30H,1,4-9,18-21H2,2-3H3. The minimum absolute atomic E-state index is 0.245. The van der Waals surface area contributed by atoms with Crippen LogP contribution in [0.25, 0.3) is 5.57 Å². The summed E-state index contributed by atoms with van der Waals surface area (Å²) in [5.41, 5.74) is 6.39. The average Bonchev–Trinajstić information content (AvgIpc) is 2.75. The first-order valence-corrected chi connectivity index (χ1v) is 11.9. The Labute approximate surface area is 183 Å². The van der Waals surface area contributed by atoms with Crippen LogP contribution in [0.1, 0.15) is 89.2 Å². The Morgan fingerprint density at radius 3 is 1.27 bits per heavy atom. The molecule has 0 bridgehead atoms. The average molecular weight is 403 g/mol. The Bertz CT molecular complexity index is 764. The van der Waals surface area contributed by atoms with E-state index in [0.29, 0.717) is 0 Å². The van der Waals surface area contributed by atoms with Crippen LogP contribution in [0, 0.1) is 0 Å². The van der Waals surface area contributed by atoms with Gasteiger partial charge in [0.15, 0.2) is 0 Å². The van der Waals surface area contributed by atoms with Gasteiger partial charge in [-0.2, -0.15) is 0 Å². The molecule has 0 heterocycles. The van der Waals surface area contributed by atoms with Gasteiger partial charge in [0, 0.05) is 22.5 Å². The number of anilines is 2. The molecule has 160 valence electrons. The summed E-state index contributed by atoms with van der Waals surface area (Å²) >= 11 is 0. The van der Waals surface area contributed by atoms with Crippen LogP contribution >= 0.6 is 0 Å². The maximum Gasteiger partial charge on any atom is 0.0345 e. The number of rotatable bonds is 6. The minimum atomic E-state index is 0.245. The van der Waals surface area contributed by atoms with E-state index in [1.54, 1.807) is 0 Å². The molecule has 2 aliphatic carbocycles. The zero-order valence-electron chi connectivity index (χ0n) is 18.9. The highest BCUT2D eigenvalue weighted by Crippen LogP contribution is 2.33. The van der Waals surface area contributed by atoms with Crippen molar-refractivity contribution in [2.75, 3.05) is 10.6 Å².